The fraction of sp³-hybridized carbons (Fsp3) is 0.241. The summed E-state index contributed by atoms with van der Waals surface area (Å²) in [6, 6.07) is 24.6. The fourth-order valence-corrected chi connectivity index (χ4v) is 4.21. The van der Waals surface area contributed by atoms with Gasteiger partial charge in [0.15, 0.2) is 6.10 Å². The normalized spacial score (nSPS) is 24.2. The van der Waals surface area contributed by atoms with E-state index < -0.39 is 48.1 Å². The molecule has 0 N–H and O–H groups in total. The Bertz CT molecular complexity index is 1280. The molecule has 9 nitrogen and oxygen atoms in total. The minimum absolute atomic E-state index is 0.140. The summed E-state index contributed by atoms with van der Waals surface area (Å²) in [5, 5.41) is 0. The fourth-order valence-electron chi connectivity index (χ4n) is 4.21. The van der Waals surface area contributed by atoms with Crippen LogP contribution in [0.2, 0.25) is 0 Å². The van der Waals surface area contributed by atoms with Crippen molar-refractivity contribution < 1.29 is 42.9 Å². The van der Waals surface area contributed by atoms with Crippen molar-refractivity contribution in [3.8, 4) is 0 Å². The Kier molecular flexibility index (Phi) is 7.87. The highest BCUT2D eigenvalue weighted by Crippen LogP contribution is 2.43. The van der Waals surface area contributed by atoms with Crippen LogP contribution in [-0.4, -0.2) is 54.6 Å². The Balaban J connectivity index is 1.67. The molecule has 0 radical (unpaired) electrons. The molecule has 196 valence electrons. The minimum Gasteiger partial charge on any atom is -0.459 e. The average molecular weight is 519 g/mol. The van der Waals surface area contributed by atoms with E-state index in [1.54, 1.807) is 91.0 Å². The van der Waals surface area contributed by atoms with Crippen molar-refractivity contribution in [2.24, 2.45) is 0 Å². The molecule has 0 amide bonds. The van der Waals surface area contributed by atoms with Crippen molar-refractivity contribution in [1.29, 1.82) is 0 Å². The van der Waals surface area contributed by atoms with Gasteiger partial charge < -0.3 is 23.7 Å². The molecular formula is C29H26O9. The second-order valence-corrected chi connectivity index (χ2v) is 8.97. The van der Waals surface area contributed by atoms with Crippen molar-refractivity contribution in [1.82, 2.24) is 0 Å². The van der Waals surface area contributed by atoms with Crippen molar-refractivity contribution in [2.75, 3.05) is 6.61 Å². The van der Waals surface area contributed by atoms with Gasteiger partial charge in [0.2, 0.25) is 6.10 Å². The molecule has 0 aromatic heterocycles. The number of benzene rings is 3. The van der Waals surface area contributed by atoms with Crippen LogP contribution in [0.1, 0.15) is 44.9 Å². The molecule has 9 heteroatoms. The van der Waals surface area contributed by atoms with E-state index in [-0.39, 0.29) is 17.6 Å². The van der Waals surface area contributed by atoms with Gasteiger partial charge in [-0.15, -0.1) is 0 Å². The van der Waals surface area contributed by atoms with E-state index >= 15 is 0 Å². The number of ether oxygens (including phenoxy) is 5. The van der Waals surface area contributed by atoms with Gasteiger partial charge in [0, 0.05) is 6.92 Å². The molecule has 1 heterocycles. The maximum absolute atomic E-state index is 13.1. The van der Waals surface area contributed by atoms with Gasteiger partial charge in [0.25, 0.3) is 12.3 Å². The number of carbonyl (C=O) groups excluding carboxylic acids is 4. The summed E-state index contributed by atoms with van der Waals surface area (Å²) in [6.45, 7) is 2.61. The van der Waals surface area contributed by atoms with E-state index in [9.17, 15) is 19.2 Å². The summed E-state index contributed by atoms with van der Waals surface area (Å²) in [6.07, 6.45) is -2.75. The lowest BCUT2D eigenvalue weighted by molar-refractivity contribution is -0.248. The van der Waals surface area contributed by atoms with Gasteiger partial charge in [-0.2, -0.15) is 0 Å². The number of rotatable bonds is 9. The first kappa shape index (κ1) is 26.6. The highest BCUT2D eigenvalue weighted by atomic mass is 16.8. The number of esters is 3. The van der Waals surface area contributed by atoms with Gasteiger partial charge in [-0.3, -0.25) is 4.79 Å². The summed E-state index contributed by atoms with van der Waals surface area (Å²) in [7, 11) is 0. The van der Waals surface area contributed by atoms with Crippen LogP contribution >= 0.6 is 0 Å². The Morgan fingerprint density at radius 2 is 1.13 bits per heavy atom. The summed E-state index contributed by atoms with van der Waals surface area (Å²) in [5.41, 5.74) is -0.827. The van der Waals surface area contributed by atoms with Crippen LogP contribution in [0.25, 0.3) is 0 Å². The molecule has 1 fully saturated rings. The molecule has 0 bridgehead atoms. The van der Waals surface area contributed by atoms with Crippen LogP contribution in [-0.2, 0) is 28.5 Å². The van der Waals surface area contributed by atoms with Crippen molar-refractivity contribution in [3.63, 3.8) is 0 Å². The molecule has 4 rings (SSSR count). The number of hydrogen-bond acceptors (Lipinski definition) is 9. The smallest absolute Gasteiger partial charge is 0.338 e. The van der Waals surface area contributed by atoms with E-state index in [1.807, 2.05) is 0 Å². The lowest BCUT2D eigenvalue weighted by atomic mass is 9.95. The first-order valence-electron chi connectivity index (χ1n) is 11.8. The zero-order valence-corrected chi connectivity index (χ0v) is 20.8. The molecule has 0 spiro atoms. The van der Waals surface area contributed by atoms with Crippen LogP contribution in [0.5, 0.6) is 0 Å². The summed E-state index contributed by atoms with van der Waals surface area (Å²) < 4.78 is 28.4. The molecule has 0 saturated carbocycles. The summed E-state index contributed by atoms with van der Waals surface area (Å²) >= 11 is 0. The van der Waals surface area contributed by atoms with Crippen LogP contribution < -0.4 is 0 Å². The lowest BCUT2D eigenvalue weighted by Gasteiger charge is -2.30. The Labute approximate surface area is 219 Å². The van der Waals surface area contributed by atoms with E-state index in [0.717, 1.165) is 0 Å². The van der Waals surface area contributed by atoms with Crippen LogP contribution in [0.4, 0.5) is 0 Å². The van der Waals surface area contributed by atoms with E-state index in [1.165, 1.54) is 13.8 Å². The molecule has 3 aromatic rings. The maximum atomic E-state index is 13.1. The molecule has 1 saturated heterocycles. The van der Waals surface area contributed by atoms with Gasteiger partial charge >= 0.3 is 17.9 Å². The molecule has 3 aromatic carbocycles. The van der Waals surface area contributed by atoms with Crippen LogP contribution in [0.3, 0.4) is 0 Å². The molecule has 38 heavy (non-hydrogen) atoms. The van der Waals surface area contributed by atoms with Crippen molar-refractivity contribution >= 4 is 24.4 Å². The molecule has 1 aliphatic rings. The van der Waals surface area contributed by atoms with Gasteiger partial charge in [0.1, 0.15) is 12.2 Å². The standard InChI is InChI=1S/C29H26O9/c1-28(18-34-25(31)20-12-6-3-7-13-20)23(36-26(32)21-14-8-4-9-15-21)24(29(2,38-28)35-19-30)37-27(33)22-16-10-5-11-17-22/h3-17,19,23-24H,18H2,1-2H3/t23-,24+,28+,29+/m0/s1. The molecule has 0 aliphatic carbocycles. The minimum atomic E-state index is -1.87. The second-order valence-electron chi connectivity index (χ2n) is 8.97. The van der Waals surface area contributed by atoms with Crippen LogP contribution in [0.15, 0.2) is 91.0 Å². The van der Waals surface area contributed by atoms with E-state index in [4.69, 9.17) is 23.7 Å². The van der Waals surface area contributed by atoms with Gasteiger partial charge in [-0.05, 0) is 43.3 Å². The number of hydrogen-bond donors (Lipinski definition) is 0. The summed E-state index contributed by atoms with van der Waals surface area (Å²) in [5.74, 6) is -4.02. The Morgan fingerprint density at radius 1 is 0.711 bits per heavy atom. The average Bonchev–Trinajstić information content (AvgIpc) is 3.14. The first-order valence-corrected chi connectivity index (χ1v) is 11.8. The lowest BCUT2D eigenvalue weighted by Crippen LogP contribution is -2.50. The number of carbonyl (C=O) groups is 4. The zero-order valence-electron chi connectivity index (χ0n) is 20.8. The van der Waals surface area contributed by atoms with E-state index in [2.05, 4.69) is 0 Å². The highest BCUT2D eigenvalue weighted by Gasteiger charge is 2.65. The third-order valence-corrected chi connectivity index (χ3v) is 6.10. The van der Waals surface area contributed by atoms with Crippen LogP contribution in [0, 0.1) is 0 Å². The van der Waals surface area contributed by atoms with Gasteiger partial charge in [-0.1, -0.05) is 54.6 Å². The molecule has 0 unspecified atom stereocenters. The predicted octanol–water partition coefficient (Wildman–Crippen LogP) is 3.97. The second kappa shape index (κ2) is 11.3. The largest absolute Gasteiger partial charge is 0.459 e. The third-order valence-electron chi connectivity index (χ3n) is 6.10. The molecule has 4 atom stereocenters. The van der Waals surface area contributed by atoms with Gasteiger partial charge in [-0.25, -0.2) is 14.4 Å². The molecule has 1 aliphatic heterocycles. The summed E-state index contributed by atoms with van der Waals surface area (Å²) in [4.78, 5) is 50.2. The van der Waals surface area contributed by atoms with E-state index in [0.29, 0.717) is 5.56 Å². The topological polar surface area (TPSA) is 114 Å². The Morgan fingerprint density at radius 3 is 1.58 bits per heavy atom. The maximum Gasteiger partial charge on any atom is 0.338 e. The predicted molar refractivity (Wildman–Crippen MR) is 133 cm³/mol. The SMILES string of the molecule is C[C@@]1(OC=O)O[C@](C)(COC(=O)c2ccccc2)[C@@H](OC(=O)c2ccccc2)[C@H]1OC(=O)c1ccccc1. The third kappa shape index (κ3) is 5.73. The molecular weight excluding hydrogens is 492 g/mol. The monoisotopic (exact) mass is 518 g/mol. The first-order chi connectivity index (χ1) is 18.3. The van der Waals surface area contributed by atoms with Crippen molar-refractivity contribution in [2.45, 2.75) is 37.4 Å². The zero-order chi connectivity index (χ0) is 27.2. The quantitative estimate of drug-likeness (QED) is 0.236. The highest BCUT2D eigenvalue weighted by molar-refractivity contribution is 5.91. The Hall–Kier alpha value is -4.50. The van der Waals surface area contributed by atoms with Gasteiger partial charge in [0.05, 0.1) is 16.7 Å². The van der Waals surface area contributed by atoms with Crippen molar-refractivity contribution in [3.05, 3.63) is 108 Å².